The molecule has 130 valence electrons. The number of amides is 1. The van der Waals surface area contributed by atoms with Crippen molar-refractivity contribution in [1.29, 1.82) is 0 Å². The number of nitrogens with one attached hydrogen (secondary N) is 1. The molecule has 6 nitrogen and oxygen atoms in total. The van der Waals surface area contributed by atoms with Gasteiger partial charge in [0.25, 0.3) is 0 Å². The Hall–Kier alpha value is -1.02. The number of hydrogen-bond donors (Lipinski definition) is 2. The highest BCUT2D eigenvalue weighted by Crippen LogP contribution is 2.25. The van der Waals surface area contributed by atoms with E-state index in [2.05, 4.69) is 36.0 Å². The number of aliphatic hydroxyl groups is 1. The molecule has 2 N–H and O–H groups in total. The molecule has 0 radical (unpaired) electrons. The van der Waals surface area contributed by atoms with Gasteiger partial charge in [-0.2, -0.15) is 0 Å². The third kappa shape index (κ3) is 5.84. The molecule has 1 amide bonds. The van der Waals surface area contributed by atoms with E-state index in [1.807, 2.05) is 5.38 Å². The van der Waals surface area contributed by atoms with E-state index in [1.54, 1.807) is 11.3 Å². The number of morpholine rings is 1. The molecule has 0 spiro atoms. The lowest BCUT2D eigenvalue weighted by Gasteiger charge is -2.30. The maximum atomic E-state index is 12.2. The molecule has 1 aromatic rings. The Balaban J connectivity index is 1.83. The van der Waals surface area contributed by atoms with E-state index >= 15 is 0 Å². The normalized spacial score (nSPS) is 17.9. The van der Waals surface area contributed by atoms with Crippen LogP contribution in [0.4, 0.5) is 0 Å². The Morgan fingerprint density at radius 3 is 2.74 bits per heavy atom. The van der Waals surface area contributed by atoms with E-state index in [0.29, 0.717) is 19.8 Å². The molecule has 0 bridgehead atoms. The molecule has 1 aliphatic heterocycles. The first kappa shape index (κ1) is 18.3. The van der Waals surface area contributed by atoms with Crippen molar-refractivity contribution >= 4 is 17.2 Å². The minimum absolute atomic E-state index is 0.00333. The average Bonchev–Trinajstić information content (AvgIpc) is 2.96. The topological polar surface area (TPSA) is 74.7 Å². The predicted molar refractivity (Wildman–Crippen MR) is 90.8 cm³/mol. The highest BCUT2D eigenvalue weighted by Gasteiger charge is 2.21. The zero-order valence-electron chi connectivity index (χ0n) is 14.2. The van der Waals surface area contributed by atoms with Gasteiger partial charge in [-0.1, -0.05) is 20.8 Å². The number of rotatable bonds is 6. The van der Waals surface area contributed by atoms with Crippen LogP contribution in [-0.2, 0) is 21.4 Å². The highest BCUT2D eigenvalue weighted by atomic mass is 32.1. The summed E-state index contributed by atoms with van der Waals surface area (Å²) in [5, 5.41) is 15.4. The third-order valence-corrected chi connectivity index (χ3v) is 5.02. The highest BCUT2D eigenvalue weighted by molar-refractivity contribution is 7.09. The van der Waals surface area contributed by atoms with Gasteiger partial charge in [-0.05, 0) is 0 Å². The molecule has 1 fully saturated rings. The summed E-state index contributed by atoms with van der Waals surface area (Å²) in [4.78, 5) is 18.9. The van der Waals surface area contributed by atoms with Crippen molar-refractivity contribution < 1.29 is 14.6 Å². The molecular formula is C16H27N3O3S. The van der Waals surface area contributed by atoms with Crippen molar-refractivity contribution in [3.63, 3.8) is 0 Å². The number of nitrogens with zero attached hydrogens (tertiary/aromatic N) is 2. The summed E-state index contributed by atoms with van der Waals surface area (Å²) >= 11 is 1.59. The fourth-order valence-electron chi connectivity index (χ4n) is 2.42. The molecule has 0 saturated carbocycles. The van der Waals surface area contributed by atoms with Crippen molar-refractivity contribution in [1.82, 2.24) is 15.2 Å². The second-order valence-corrected chi connectivity index (χ2v) is 7.79. The first-order valence-electron chi connectivity index (χ1n) is 8.03. The molecule has 1 aliphatic rings. The van der Waals surface area contributed by atoms with Gasteiger partial charge in [0.2, 0.25) is 5.91 Å². The maximum absolute atomic E-state index is 12.2. The van der Waals surface area contributed by atoms with Crippen LogP contribution in [-0.4, -0.2) is 66.4 Å². The Morgan fingerprint density at radius 1 is 1.48 bits per heavy atom. The molecule has 0 aromatic carbocycles. The van der Waals surface area contributed by atoms with Gasteiger partial charge in [0, 0.05) is 30.4 Å². The van der Waals surface area contributed by atoms with Gasteiger partial charge in [-0.3, -0.25) is 9.69 Å². The van der Waals surface area contributed by atoms with Gasteiger partial charge in [0.05, 0.1) is 43.0 Å². The van der Waals surface area contributed by atoms with Crippen molar-refractivity contribution in [2.24, 2.45) is 0 Å². The van der Waals surface area contributed by atoms with Crippen molar-refractivity contribution in [3.05, 3.63) is 16.1 Å². The van der Waals surface area contributed by atoms with Gasteiger partial charge in [-0.15, -0.1) is 11.3 Å². The molecule has 23 heavy (non-hydrogen) atoms. The van der Waals surface area contributed by atoms with E-state index < -0.39 is 0 Å². The minimum Gasteiger partial charge on any atom is -0.394 e. The molecule has 7 heteroatoms. The lowest BCUT2D eigenvalue weighted by atomic mass is 9.98. The number of hydrogen-bond acceptors (Lipinski definition) is 6. The summed E-state index contributed by atoms with van der Waals surface area (Å²) in [7, 11) is 0. The number of aliphatic hydroxyl groups excluding tert-OH is 1. The number of thiazole rings is 1. The van der Waals surface area contributed by atoms with E-state index in [9.17, 15) is 9.90 Å². The van der Waals surface area contributed by atoms with Crippen molar-refractivity contribution in [2.75, 3.05) is 39.5 Å². The fraction of sp³-hybridized carbons (Fsp3) is 0.750. The van der Waals surface area contributed by atoms with Crippen LogP contribution in [0.3, 0.4) is 0 Å². The summed E-state index contributed by atoms with van der Waals surface area (Å²) in [5.74, 6) is -0.0944. The van der Waals surface area contributed by atoms with Gasteiger partial charge in [0.1, 0.15) is 0 Å². The molecule has 1 saturated heterocycles. The summed E-state index contributed by atoms with van der Waals surface area (Å²) in [5.41, 5.74) is 0.795. The Morgan fingerprint density at radius 2 is 2.17 bits per heavy atom. The molecule has 0 unspecified atom stereocenters. The standard InChI is InChI=1S/C16H27N3O3S/c1-16(2,3)15-18-12(11-23-15)8-14(21)17-13(10-20)9-19-4-6-22-7-5-19/h11,13,20H,4-10H2,1-3H3,(H,17,21)/t13-/m0/s1. The smallest absolute Gasteiger partial charge is 0.226 e. The quantitative estimate of drug-likeness (QED) is 0.800. The molecule has 1 aromatic heterocycles. The van der Waals surface area contributed by atoms with E-state index in [-0.39, 0.29) is 30.4 Å². The zero-order valence-corrected chi connectivity index (χ0v) is 15.0. The number of carbonyl (C=O) groups is 1. The third-order valence-electron chi connectivity index (χ3n) is 3.70. The van der Waals surface area contributed by atoms with Crippen molar-refractivity contribution in [3.8, 4) is 0 Å². The van der Waals surface area contributed by atoms with Gasteiger partial charge in [-0.25, -0.2) is 4.98 Å². The monoisotopic (exact) mass is 341 g/mol. The van der Waals surface area contributed by atoms with Gasteiger partial charge in [0.15, 0.2) is 0 Å². The van der Waals surface area contributed by atoms with E-state index in [1.165, 1.54) is 0 Å². The Labute approximate surface area is 141 Å². The lowest BCUT2D eigenvalue weighted by Crippen LogP contribution is -2.49. The first-order chi connectivity index (χ1) is 10.9. The van der Waals surface area contributed by atoms with Crippen molar-refractivity contribution in [2.45, 2.75) is 38.6 Å². The van der Waals surface area contributed by atoms with E-state index in [0.717, 1.165) is 23.8 Å². The second kappa shape index (κ2) is 8.19. The molecule has 2 rings (SSSR count). The summed E-state index contributed by atoms with van der Waals surface area (Å²) in [6.45, 7) is 10.0. The molecular weight excluding hydrogens is 314 g/mol. The van der Waals surface area contributed by atoms with Crippen LogP contribution in [0, 0.1) is 0 Å². The van der Waals surface area contributed by atoms with Gasteiger partial charge >= 0.3 is 0 Å². The summed E-state index contributed by atoms with van der Waals surface area (Å²) in [6, 6.07) is -0.249. The second-order valence-electron chi connectivity index (χ2n) is 6.93. The molecule has 0 aliphatic carbocycles. The van der Waals surface area contributed by atoms with Gasteiger partial charge < -0.3 is 15.2 Å². The van der Waals surface area contributed by atoms with E-state index in [4.69, 9.17) is 4.74 Å². The van der Waals surface area contributed by atoms with Crippen LogP contribution in [0.5, 0.6) is 0 Å². The first-order valence-corrected chi connectivity index (χ1v) is 8.91. The predicted octanol–water partition coefficient (Wildman–Crippen LogP) is 0.792. The largest absolute Gasteiger partial charge is 0.394 e. The Bertz CT molecular complexity index is 507. The zero-order chi connectivity index (χ0) is 16.9. The van der Waals surface area contributed by atoms with Crippen LogP contribution >= 0.6 is 11.3 Å². The fourth-order valence-corrected chi connectivity index (χ4v) is 3.33. The summed E-state index contributed by atoms with van der Waals surface area (Å²) in [6.07, 6.45) is 0.256. The maximum Gasteiger partial charge on any atom is 0.226 e. The number of ether oxygens (including phenoxy) is 1. The van der Waals surface area contributed by atoms with Crippen LogP contribution < -0.4 is 5.32 Å². The Kier molecular flexibility index (Phi) is 6.52. The minimum atomic E-state index is -0.249. The van der Waals surface area contributed by atoms with Crippen LogP contribution in [0.15, 0.2) is 5.38 Å². The molecule has 2 heterocycles. The lowest BCUT2D eigenvalue weighted by molar-refractivity contribution is -0.121. The van der Waals surface area contributed by atoms with Crippen LogP contribution in [0.1, 0.15) is 31.5 Å². The SMILES string of the molecule is CC(C)(C)c1nc(CC(=O)N[C@H](CO)CN2CCOCC2)cs1. The van der Waals surface area contributed by atoms with Crippen LogP contribution in [0.25, 0.3) is 0 Å². The van der Waals surface area contributed by atoms with Crippen LogP contribution in [0.2, 0.25) is 0 Å². The number of carbonyl (C=O) groups excluding carboxylic acids is 1. The average molecular weight is 341 g/mol. The molecule has 1 atom stereocenters. The summed E-state index contributed by atoms with van der Waals surface area (Å²) < 4.78 is 5.31. The number of aromatic nitrogens is 1.